The predicted octanol–water partition coefficient (Wildman–Crippen LogP) is 2.67. The average molecular weight is 362 g/mol. The summed E-state index contributed by atoms with van der Waals surface area (Å²) in [5.74, 6) is -0.807. The number of benzene rings is 1. The van der Waals surface area contributed by atoms with E-state index in [0.717, 1.165) is 9.26 Å². The Bertz CT molecular complexity index is 424. The molecule has 2 amide bonds. The Labute approximate surface area is 119 Å². The highest BCUT2D eigenvalue weighted by molar-refractivity contribution is 14.1. The minimum atomic E-state index is -0.807. The number of aliphatic carboxylic acids is 1. The van der Waals surface area contributed by atoms with Crippen molar-refractivity contribution in [3.05, 3.63) is 27.8 Å². The highest BCUT2D eigenvalue weighted by Gasteiger charge is 2.01. The molecule has 1 aromatic carbocycles. The first-order valence-corrected chi connectivity index (χ1v) is 6.68. The highest BCUT2D eigenvalue weighted by Crippen LogP contribution is 2.11. The lowest BCUT2D eigenvalue weighted by atomic mass is 10.2. The molecule has 0 atom stereocenters. The minimum absolute atomic E-state index is 0.139. The summed E-state index contributed by atoms with van der Waals surface area (Å²) in [5, 5.41) is 13.8. The quantitative estimate of drug-likeness (QED) is 0.538. The van der Waals surface area contributed by atoms with E-state index in [1.165, 1.54) is 0 Å². The molecule has 0 saturated carbocycles. The first-order valence-electron chi connectivity index (χ1n) is 5.60. The fourth-order valence-corrected chi connectivity index (χ4v) is 1.89. The molecule has 0 heterocycles. The van der Waals surface area contributed by atoms with Crippen molar-refractivity contribution in [3.8, 4) is 0 Å². The van der Waals surface area contributed by atoms with Crippen molar-refractivity contribution in [2.75, 3.05) is 11.9 Å². The fourth-order valence-electron chi connectivity index (χ4n) is 1.34. The first kappa shape index (κ1) is 14.7. The number of nitrogens with one attached hydrogen (secondary N) is 2. The van der Waals surface area contributed by atoms with E-state index >= 15 is 0 Å². The number of carbonyl (C=O) groups is 2. The number of hydrogen-bond donors (Lipinski definition) is 3. The van der Waals surface area contributed by atoms with Crippen LogP contribution in [0, 0.1) is 3.57 Å². The highest BCUT2D eigenvalue weighted by atomic mass is 127. The lowest BCUT2D eigenvalue weighted by Crippen LogP contribution is -2.29. The van der Waals surface area contributed by atoms with Crippen LogP contribution in [0.25, 0.3) is 0 Å². The van der Waals surface area contributed by atoms with Gasteiger partial charge in [0.2, 0.25) is 0 Å². The van der Waals surface area contributed by atoms with Crippen LogP contribution in [0.1, 0.15) is 19.3 Å². The number of amides is 2. The molecule has 0 aromatic heterocycles. The topological polar surface area (TPSA) is 78.4 Å². The Hall–Kier alpha value is -1.31. The molecule has 0 radical (unpaired) electrons. The van der Waals surface area contributed by atoms with E-state index in [2.05, 4.69) is 33.2 Å². The van der Waals surface area contributed by atoms with Gasteiger partial charge in [-0.1, -0.05) is 6.07 Å². The third kappa shape index (κ3) is 6.43. The van der Waals surface area contributed by atoms with E-state index in [-0.39, 0.29) is 12.5 Å². The van der Waals surface area contributed by atoms with Gasteiger partial charge in [0.25, 0.3) is 0 Å². The predicted molar refractivity (Wildman–Crippen MR) is 77.7 cm³/mol. The normalized spacial score (nSPS) is 9.83. The van der Waals surface area contributed by atoms with E-state index in [4.69, 9.17) is 5.11 Å². The Morgan fingerprint density at radius 2 is 2.06 bits per heavy atom. The van der Waals surface area contributed by atoms with Crippen LogP contribution in [-0.4, -0.2) is 23.7 Å². The summed E-state index contributed by atoms with van der Waals surface area (Å²) in [6.45, 7) is 0.475. The summed E-state index contributed by atoms with van der Waals surface area (Å²) in [6.07, 6.45) is 1.37. The van der Waals surface area contributed by atoms with Gasteiger partial charge in [0.15, 0.2) is 0 Å². The molecule has 1 aromatic rings. The number of carboxylic acid groups (broad SMARTS) is 1. The van der Waals surface area contributed by atoms with Gasteiger partial charge < -0.3 is 15.7 Å². The summed E-state index contributed by atoms with van der Waals surface area (Å²) in [6, 6.07) is 7.21. The zero-order valence-electron chi connectivity index (χ0n) is 9.78. The monoisotopic (exact) mass is 362 g/mol. The second-order valence-corrected chi connectivity index (χ2v) is 4.99. The summed E-state index contributed by atoms with van der Waals surface area (Å²) in [7, 11) is 0. The first-order chi connectivity index (χ1) is 8.58. The Morgan fingerprint density at radius 1 is 1.28 bits per heavy atom. The lowest BCUT2D eigenvalue weighted by molar-refractivity contribution is -0.137. The molecule has 0 aliphatic heterocycles. The van der Waals surface area contributed by atoms with Crippen LogP contribution in [0.3, 0.4) is 0 Å². The zero-order valence-corrected chi connectivity index (χ0v) is 11.9. The molecule has 5 nitrogen and oxygen atoms in total. The minimum Gasteiger partial charge on any atom is -0.481 e. The molecule has 0 bridgehead atoms. The molecule has 0 aliphatic rings. The number of rotatable bonds is 6. The van der Waals surface area contributed by atoms with Gasteiger partial charge >= 0.3 is 12.0 Å². The van der Waals surface area contributed by atoms with E-state index < -0.39 is 5.97 Å². The molecule has 6 heteroatoms. The smallest absolute Gasteiger partial charge is 0.319 e. The van der Waals surface area contributed by atoms with Crippen LogP contribution in [-0.2, 0) is 4.79 Å². The van der Waals surface area contributed by atoms with Crippen molar-refractivity contribution < 1.29 is 14.7 Å². The van der Waals surface area contributed by atoms with Gasteiger partial charge in [0, 0.05) is 22.2 Å². The molecule has 0 saturated heterocycles. The fraction of sp³-hybridized carbons (Fsp3) is 0.333. The van der Waals surface area contributed by atoms with Crippen LogP contribution >= 0.6 is 22.6 Å². The largest absolute Gasteiger partial charge is 0.481 e. The molecule has 1 rings (SSSR count). The van der Waals surface area contributed by atoms with E-state index in [1.807, 2.05) is 24.3 Å². The van der Waals surface area contributed by atoms with Crippen LogP contribution in [0.4, 0.5) is 10.5 Å². The van der Waals surface area contributed by atoms with Crippen LogP contribution in [0.15, 0.2) is 24.3 Å². The van der Waals surface area contributed by atoms with Crippen LogP contribution in [0.2, 0.25) is 0 Å². The third-order valence-corrected chi connectivity index (χ3v) is 2.86. The van der Waals surface area contributed by atoms with Crippen molar-refractivity contribution in [1.29, 1.82) is 0 Å². The average Bonchev–Trinajstić information content (AvgIpc) is 2.28. The third-order valence-electron chi connectivity index (χ3n) is 2.19. The molecule has 18 heavy (non-hydrogen) atoms. The zero-order chi connectivity index (χ0) is 13.4. The standard InChI is InChI=1S/C12H15IN2O3/c13-9-4-3-5-10(8-9)15-12(18)14-7-2-1-6-11(16)17/h3-5,8H,1-2,6-7H2,(H,16,17)(H2,14,15,18). The number of carboxylic acids is 1. The lowest BCUT2D eigenvalue weighted by Gasteiger charge is -2.07. The van der Waals surface area contributed by atoms with Crippen LogP contribution < -0.4 is 10.6 Å². The van der Waals surface area contributed by atoms with Gasteiger partial charge in [0.1, 0.15) is 0 Å². The summed E-state index contributed by atoms with van der Waals surface area (Å²) in [4.78, 5) is 21.7. The van der Waals surface area contributed by atoms with Gasteiger partial charge in [-0.3, -0.25) is 4.79 Å². The maximum absolute atomic E-state index is 11.5. The van der Waals surface area contributed by atoms with Crippen molar-refractivity contribution >= 4 is 40.3 Å². The Morgan fingerprint density at radius 3 is 2.72 bits per heavy atom. The number of carbonyl (C=O) groups excluding carboxylic acids is 1. The molecular formula is C12H15IN2O3. The van der Waals surface area contributed by atoms with Crippen molar-refractivity contribution in [3.63, 3.8) is 0 Å². The van der Waals surface area contributed by atoms with Crippen molar-refractivity contribution in [1.82, 2.24) is 5.32 Å². The summed E-state index contributed by atoms with van der Waals surface area (Å²) >= 11 is 2.17. The molecule has 3 N–H and O–H groups in total. The number of anilines is 1. The van der Waals surface area contributed by atoms with E-state index in [1.54, 1.807) is 0 Å². The number of halogens is 1. The summed E-state index contributed by atoms with van der Waals surface area (Å²) in [5.41, 5.74) is 0.741. The molecule has 0 aliphatic carbocycles. The molecule has 0 spiro atoms. The van der Waals surface area contributed by atoms with Gasteiger partial charge in [-0.25, -0.2) is 4.79 Å². The van der Waals surface area contributed by atoms with Gasteiger partial charge in [-0.05, 0) is 53.6 Å². The van der Waals surface area contributed by atoms with E-state index in [9.17, 15) is 9.59 Å². The maximum atomic E-state index is 11.5. The van der Waals surface area contributed by atoms with E-state index in [0.29, 0.717) is 19.4 Å². The Balaban J connectivity index is 2.20. The second kappa shape index (κ2) is 7.91. The summed E-state index contributed by atoms with van der Waals surface area (Å²) < 4.78 is 1.05. The van der Waals surface area contributed by atoms with Gasteiger partial charge in [-0.15, -0.1) is 0 Å². The number of hydrogen-bond acceptors (Lipinski definition) is 2. The number of unbranched alkanes of at least 4 members (excludes halogenated alkanes) is 1. The van der Waals surface area contributed by atoms with Gasteiger partial charge in [0.05, 0.1) is 0 Å². The molecule has 0 unspecified atom stereocenters. The molecule has 0 fully saturated rings. The van der Waals surface area contributed by atoms with Crippen molar-refractivity contribution in [2.24, 2.45) is 0 Å². The molecule has 98 valence electrons. The maximum Gasteiger partial charge on any atom is 0.319 e. The molecular weight excluding hydrogens is 347 g/mol. The van der Waals surface area contributed by atoms with Gasteiger partial charge in [-0.2, -0.15) is 0 Å². The second-order valence-electron chi connectivity index (χ2n) is 3.74. The SMILES string of the molecule is O=C(O)CCCCNC(=O)Nc1cccc(I)c1. The Kier molecular flexibility index (Phi) is 6.48. The van der Waals surface area contributed by atoms with Crippen molar-refractivity contribution in [2.45, 2.75) is 19.3 Å². The number of urea groups is 1. The van der Waals surface area contributed by atoms with Crippen LogP contribution in [0.5, 0.6) is 0 Å².